The molecule has 2 bridgehead atoms. The van der Waals surface area contributed by atoms with Gasteiger partial charge in [0, 0.05) is 58.8 Å². The summed E-state index contributed by atoms with van der Waals surface area (Å²) in [5.74, 6) is -2.32. The fourth-order valence-corrected chi connectivity index (χ4v) is 12.1. The van der Waals surface area contributed by atoms with Crippen molar-refractivity contribution in [1.82, 2.24) is 0 Å². The first kappa shape index (κ1) is 51.0. The van der Waals surface area contributed by atoms with Gasteiger partial charge in [0.1, 0.15) is 48.8 Å². The van der Waals surface area contributed by atoms with Crippen molar-refractivity contribution in [3.8, 4) is 0 Å². The first-order valence-corrected chi connectivity index (χ1v) is 24.9. The molecule has 1 saturated carbocycles. The summed E-state index contributed by atoms with van der Waals surface area (Å²) in [5.41, 5.74) is 0.177. The molecule has 15 heteroatoms. The summed E-state index contributed by atoms with van der Waals surface area (Å²) < 4.78 is 76.0. The molecule has 8 aliphatic rings. The lowest BCUT2D eigenvalue weighted by molar-refractivity contribution is -0.323. The van der Waals surface area contributed by atoms with Gasteiger partial charge in [-0.3, -0.25) is 4.79 Å². The summed E-state index contributed by atoms with van der Waals surface area (Å²) in [6.07, 6.45) is 14.8. The van der Waals surface area contributed by atoms with Gasteiger partial charge in [0.05, 0.1) is 49.3 Å². The molecule has 0 aromatic heterocycles. The van der Waals surface area contributed by atoms with E-state index in [-0.39, 0.29) is 61.9 Å². The Morgan fingerprint density at radius 3 is 2.24 bits per heavy atom. The third kappa shape index (κ3) is 10.9. The molecule has 6 aliphatic heterocycles. The van der Waals surface area contributed by atoms with E-state index in [0.717, 1.165) is 18.4 Å². The van der Waals surface area contributed by atoms with Gasteiger partial charge in [-0.1, -0.05) is 69.6 Å². The van der Waals surface area contributed by atoms with Crippen molar-refractivity contribution < 1.29 is 71.8 Å². The average molecular weight is 943 g/mol. The molecule has 1 spiro atoms. The topological polar surface area (TPSA) is 168 Å². The van der Waals surface area contributed by atoms with Gasteiger partial charge in [0.25, 0.3) is 0 Å². The third-order valence-electron chi connectivity index (χ3n) is 15.8. The monoisotopic (exact) mass is 943 g/mol. The van der Waals surface area contributed by atoms with Gasteiger partial charge in [0.2, 0.25) is 0 Å². The molecule has 3 unspecified atom stereocenters. The van der Waals surface area contributed by atoms with E-state index >= 15 is 0 Å². The molecular weight excluding hydrogens is 865 g/mol. The second-order valence-electron chi connectivity index (χ2n) is 20.5. The van der Waals surface area contributed by atoms with Crippen LogP contribution in [0.5, 0.6) is 0 Å². The first-order chi connectivity index (χ1) is 32.2. The van der Waals surface area contributed by atoms with Gasteiger partial charge in [-0.15, -0.1) is 0 Å². The van der Waals surface area contributed by atoms with E-state index in [1.54, 1.807) is 40.4 Å². The standard InChI is InChI=1S/C52H78O15/c1-29-14-13-17-36-27-59-49-44(53)32(4)22-39(52(36,49)55)50(54)63-38-23-37(66-51(26-38)21-20-31(3)46(67-51)35-15-11-10-12-16-35)19-18-30(2)45(29)64-42-25-41(58-9)48(34(6)62-42)65-43-24-40(57-8)47(33(5)61-43)60-28-56-7/h13-14,17-18,20-22,29,31,33-35,37-49,53,55H,10-12,15-16,19,23-28H2,1-9H3/b14-13+,30-18+,36-17+/t29?,31-,33-,34-,37+,38-,39-,40-,41-,42?,43-,44+,45-,46-,47?,48-,49+,51+,52+/m0/s1. The smallest absolute Gasteiger partial charge is 0.316 e. The van der Waals surface area contributed by atoms with Crippen LogP contribution in [0.25, 0.3) is 0 Å². The first-order valence-electron chi connectivity index (χ1n) is 24.9. The summed E-state index contributed by atoms with van der Waals surface area (Å²) in [7, 11) is 4.91. The zero-order valence-electron chi connectivity index (χ0n) is 41.1. The Bertz CT molecular complexity index is 1840. The Morgan fingerprint density at radius 1 is 0.821 bits per heavy atom. The van der Waals surface area contributed by atoms with Crippen molar-refractivity contribution >= 4 is 5.97 Å². The molecule has 2 N–H and O–H groups in total. The number of hydrogen-bond donors (Lipinski definition) is 2. The fourth-order valence-electron chi connectivity index (χ4n) is 12.1. The van der Waals surface area contributed by atoms with Gasteiger partial charge in [0.15, 0.2) is 18.4 Å². The molecule has 6 heterocycles. The number of aliphatic hydroxyl groups is 2. The molecule has 8 rings (SSSR count). The van der Waals surface area contributed by atoms with Crippen LogP contribution in [0.4, 0.5) is 0 Å². The van der Waals surface area contributed by atoms with Gasteiger partial charge in [-0.05, 0) is 75.7 Å². The van der Waals surface area contributed by atoms with Crippen LogP contribution in [0.3, 0.4) is 0 Å². The largest absolute Gasteiger partial charge is 0.462 e. The molecule has 67 heavy (non-hydrogen) atoms. The highest BCUT2D eigenvalue weighted by atomic mass is 16.7. The third-order valence-corrected chi connectivity index (χ3v) is 15.8. The van der Waals surface area contributed by atoms with Gasteiger partial charge in [-0.2, -0.15) is 0 Å². The highest BCUT2D eigenvalue weighted by Gasteiger charge is 2.60. The van der Waals surface area contributed by atoms with Crippen molar-refractivity contribution in [1.29, 1.82) is 0 Å². The Morgan fingerprint density at radius 2 is 1.52 bits per heavy atom. The number of rotatable bonds is 10. The molecule has 2 aliphatic carbocycles. The van der Waals surface area contributed by atoms with Crippen LogP contribution in [0.2, 0.25) is 0 Å². The lowest BCUT2D eigenvalue weighted by Gasteiger charge is -2.49. The number of esters is 1. The predicted octanol–water partition coefficient (Wildman–Crippen LogP) is 6.54. The van der Waals surface area contributed by atoms with Crippen molar-refractivity contribution in [3.63, 3.8) is 0 Å². The molecule has 0 aromatic carbocycles. The molecule has 15 nitrogen and oxygen atoms in total. The van der Waals surface area contributed by atoms with Crippen LogP contribution >= 0.6 is 0 Å². The SMILES string of the molecule is COCOC1[C@H](C)O[C@@H](O[C@H]2[C@H](C)OC(O[C@@H]3/C(C)=C/C[C@@H]4C[C@@H](C[C@]5(C=C[C@H](C)[C@@H](C6CCCCC6)O5)O4)OC(=O)[C@@H]4C=C(C)[C@@H](O)[C@H]5OC/C(=C\C=C\C3C)[C@]54O)C[C@@H]2OC)C[C@@H]1OC. The van der Waals surface area contributed by atoms with E-state index in [9.17, 15) is 15.0 Å². The van der Waals surface area contributed by atoms with Gasteiger partial charge in [-0.25, -0.2) is 0 Å². The van der Waals surface area contributed by atoms with E-state index in [4.69, 9.17) is 56.8 Å². The maximum Gasteiger partial charge on any atom is 0.316 e. The van der Waals surface area contributed by atoms with Crippen molar-refractivity contribution in [2.45, 2.75) is 203 Å². The number of allylic oxidation sites excluding steroid dienone is 2. The Hall–Kier alpha value is -2.35. The van der Waals surface area contributed by atoms with Gasteiger partial charge >= 0.3 is 5.97 Å². The molecule has 19 atom stereocenters. The summed E-state index contributed by atoms with van der Waals surface area (Å²) in [6, 6.07) is 0. The highest BCUT2D eigenvalue weighted by molar-refractivity contribution is 5.78. The molecule has 0 radical (unpaired) electrons. The molecule has 0 amide bonds. The summed E-state index contributed by atoms with van der Waals surface area (Å²) in [4.78, 5) is 14.5. The number of carbonyl (C=O) groups is 1. The zero-order valence-corrected chi connectivity index (χ0v) is 41.1. The van der Waals surface area contributed by atoms with Crippen LogP contribution in [-0.2, 0) is 61.6 Å². The molecule has 5 fully saturated rings. The van der Waals surface area contributed by atoms with E-state index < -0.39 is 72.5 Å². The van der Waals surface area contributed by atoms with Crippen LogP contribution in [0, 0.1) is 23.7 Å². The van der Waals surface area contributed by atoms with Gasteiger partial charge < -0.3 is 67.1 Å². The van der Waals surface area contributed by atoms with Crippen LogP contribution in [0.15, 0.2) is 59.3 Å². The average Bonchev–Trinajstić information content (AvgIpc) is 3.65. The Balaban J connectivity index is 1.06. The summed E-state index contributed by atoms with van der Waals surface area (Å²) in [5, 5.41) is 23.9. The van der Waals surface area contributed by atoms with E-state index in [2.05, 4.69) is 32.9 Å². The fraction of sp³-hybridized carbons (Fsp3) is 0.788. The summed E-state index contributed by atoms with van der Waals surface area (Å²) in [6.45, 7) is 12.2. The number of ether oxygens (including phenoxy) is 12. The number of methoxy groups -OCH3 is 3. The molecule has 376 valence electrons. The molecule has 4 saturated heterocycles. The zero-order chi connectivity index (χ0) is 47.6. The van der Waals surface area contributed by atoms with Crippen molar-refractivity contribution in [2.75, 3.05) is 34.7 Å². The van der Waals surface area contributed by atoms with Crippen LogP contribution < -0.4 is 0 Å². The molecule has 0 aromatic rings. The number of fused-ring (bicyclic) bond motifs is 2. The maximum atomic E-state index is 14.5. The second-order valence-corrected chi connectivity index (χ2v) is 20.5. The number of aliphatic hydroxyl groups excluding tert-OH is 1. The van der Waals surface area contributed by atoms with E-state index in [1.807, 2.05) is 32.1 Å². The minimum absolute atomic E-state index is 0.0240. The van der Waals surface area contributed by atoms with Crippen molar-refractivity contribution in [3.05, 3.63) is 59.3 Å². The quantitative estimate of drug-likeness (QED) is 0.138. The second kappa shape index (κ2) is 22.0. The Kier molecular flexibility index (Phi) is 16.7. The number of carbonyl (C=O) groups excluding carboxylic acids is 1. The lowest BCUT2D eigenvalue weighted by atomic mass is 9.71. The Labute approximate surface area is 397 Å². The molecular formula is C52H78O15. The van der Waals surface area contributed by atoms with Crippen LogP contribution in [-0.4, -0.2) is 148 Å². The maximum absolute atomic E-state index is 14.5. The van der Waals surface area contributed by atoms with E-state index in [0.29, 0.717) is 49.2 Å². The number of hydrogen-bond acceptors (Lipinski definition) is 15. The lowest BCUT2D eigenvalue weighted by Crippen LogP contribution is -2.58. The minimum atomic E-state index is -1.83. The minimum Gasteiger partial charge on any atom is -0.462 e. The predicted molar refractivity (Wildman–Crippen MR) is 245 cm³/mol. The highest BCUT2D eigenvalue weighted by Crippen LogP contribution is 2.48. The normalized spacial score (nSPS) is 47.5. The summed E-state index contributed by atoms with van der Waals surface area (Å²) >= 11 is 0. The van der Waals surface area contributed by atoms with Crippen molar-refractivity contribution in [2.24, 2.45) is 23.7 Å². The van der Waals surface area contributed by atoms with Crippen LogP contribution in [0.1, 0.15) is 106 Å². The van der Waals surface area contributed by atoms with E-state index in [1.165, 1.54) is 19.3 Å².